The number of hydrogen-bond acceptors (Lipinski definition) is 3. The van der Waals surface area contributed by atoms with Gasteiger partial charge in [0.1, 0.15) is 5.65 Å². The van der Waals surface area contributed by atoms with Crippen molar-refractivity contribution in [2.75, 3.05) is 12.4 Å². The molecule has 0 aliphatic carbocycles. The normalized spacial score (nSPS) is 13.1. The number of fused-ring (bicyclic) bond motifs is 1. The lowest BCUT2D eigenvalue weighted by Crippen LogP contribution is -2.03. The lowest BCUT2D eigenvalue weighted by atomic mass is 10.2. The minimum absolute atomic E-state index is 0.261. The Morgan fingerprint density at radius 2 is 2.24 bits per heavy atom. The minimum Gasteiger partial charge on any atom is -0.396 e. The van der Waals surface area contributed by atoms with E-state index in [0.29, 0.717) is 5.92 Å². The maximum Gasteiger partial charge on any atom is 0.137 e. The van der Waals surface area contributed by atoms with Crippen LogP contribution in [-0.2, 0) is 5.75 Å². The van der Waals surface area contributed by atoms with Gasteiger partial charge in [0.2, 0.25) is 0 Å². The molecule has 0 bridgehead atoms. The molecule has 1 N–H and O–H groups in total. The van der Waals surface area contributed by atoms with Crippen molar-refractivity contribution < 1.29 is 5.11 Å². The van der Waals surface area contributed by atoms with Crippen molar-refractivity contribution in [3.8, 4) is 0 Å². The van der Waals surface area contributed by atoms with Crippen molar-refractivity contribution in [3.05, 3.63) is 35.8 Å². The molecular weight excluding hydrogens is 232 g/mol. The first-order chi connectivity index (χ1) is 8.19. The Kier molecular flexibility index (Phi) is 4.07. The third-order valence-corrected chi connectivity index (χ3v) is 3.92. The molecule has 0 radical (unpaired) electrons. The van der Waals surface area contributed by atoms with E-state index >= 15 is 0 Å². The third kappa shape index (κ3) is 3.23. The number of hydrogen-bond donors (Lipinski definition) is 1. The zero-order valence-electron chi connectivity index (χ0n) is 10.3. The summed E-state index contributed by atoms with van der Waals surface area (Å²) in [4.78, 5) is 4.56. The number of pyridine rings is 1. The minimum atomic E-state index is 0.261. The molecule has 1 atom stereocenters. The van der Waals surface area contributed by atoms with Gasteiger partial charge in [-0.1, -0.05) is 13.0 Å². The molecular formula is C13H18N2OS. The first kappa shape index (κ1) is 12.5. The summed E-state index contributed by atoms with van der Waals surface area (Å²) in [5.74, 6) is 2.24. The molecule has 4 heteroatoms. The van der Waals surface area contributed by atoms with Crippen molar-refractivity contribution in [1.82, 2.24) is 9.38 Å². The summed E-state index contributed by atoms with van der Waals surface area (Å²) in [7, 11) is 0. The van der Waals surface area contributed by atoms with E-state index < -0.39 is 0 Å². The number of rotatable bonds is 5. The van der Waals surface area contributed by atoms with E-state index in [1.54, 1.807) is 0 Å². The van der Waals surface area contributed by atoms with Gasteiger partial charge in [-0.05, 0) is 30.2 Å². The molecule has 0 aliphatic rings. The molecule has 0 aromatic carbocycles. The summed E-state index contributed by atoms with van der Waals surface area (Å²) >= 11 is 1.82. The Hall–Kier alpha value is -1.00. The predicted octanol–water partition coefficient (Wildman–Crippen LogP) is 2.50. The first-order valence-electron chi connectivity index (χ1n) is 5.82. The van der Waals surface area contributed by atoms with Gasteiger partial charge in [0, 0.05) is 24.8 Å². The van der Waals surface area contributed by atoms with Gasteiger partial charge in [-0.25, -0.2) is 4.98 Å². The van der Waals surface area contributed by atoms with Gasteiger partial charge < -0.3 is 9.51 Å². The van der Waals surface area contributed by atoms with E-state index in [0.717, 1.165) is 22.8 Å². The zero-order chi connectivity index (χ0) is 12.3. The molecule has 0 saturated carbocycles. The largest absolute Gasteiger partial charge is 0.396 e. The molecule has 2 aromatic heterocycles. The monoisotopic (exact) mass is 250 g/mol. The number of aliphatic hydroxyl groups is 1. The number of imidazole rings is 1. The van der Waals surface area contributed by atoms with Crippen molar-refractivity contribution in [2.45, 2.75) is 19.6 Å². The van der Waals surface area contributed by atoms with Crippen LogP contribution in [0.3, 0.4) is 0 Å². The maximum absolute atomic E-state index is 8.94. The molecule has 0 spiro atoms. The van der Waals surface area contributed by atoms with Crippen LogP contribution in [0.15, 0.2) is 24.5 Å². The molecule has 0 amide bonds. The van der Waals surface area contributed by atoms with Crippen molar-refractivity contribution in [3.63, 3.8) is 0 Å². The third-order valence-electron chi connectivity index (χ3n) is 2.61. The van der Waals surface area contributed by atoms with Gasteiger partial charge in [0.15, 0.2) is 0 Å². The fourth-order valence-electron chi connectivity index (χ4n) is 1.64. The molecule has 1 unspecified atom stereocenters. The van der Waals surface area contributed by atoms with E-state index in [2.05, 4.69) is 41.7 Å². The summed E-state index contributed by atoms with van der Waals surface area (Å²) in [6.45, 7) is 4.40. The molecule has 0 fully saturated rings. The highest BCUT2D eigenvalue weighted by Gasteiger charge is 2.04. The Balaban J connectivity index is 1.99. The molecule has 2 heterocycles. The quantitative estimate of drug-likeness (QED) is 0.886. The van der Waals surface area contributed by atoms with Crippen LogP contribution in [0.2, 0.25) is 0 Å². The van der Waals surface area contributed by atoms with Gasteiger partial charge in [0.05, 0.1) is 5.69 Å². The average molecular weight is 250 g/mol. The summed E-state index contributed by atoms with van der Waals surface area (Å²) < 4.78 is 2.07. The highest BCUT2D eigenvalue weighted by atomic mass is 32.2. The molecule has 0 saturated heterocycles. The van der Waals surface area contributed by atoms with Gasteiger partial charge in [-0.2, -0.15) is 11.8 Å². The van der Waals surface area contributed by atoms with Crippen LogP contribution >= 0.6 is 11.8 Å². The van der Waals surface area contributed by atoms with E-state index in [-0.39, 0.29) is 6.61 Å². The van der Waals surface area contributed by atoms with Crippen molar-refractivity contribution in [2.24, 2.45) is 5.92 Å². The first-order valence-corrected chi connectivity index (χ1v) is 6.97. The predicted molar refractivity (Wildman–Crippen MR) is 72.3 cm³/mol. The summed E-state index contributed by atoms with van der Waals surface area (Å²) in [5, 5.41) is 8.94. The fourth-order valence-corrected chi connectivity index (χ4v) is 2.62. The Morgan fingerprint density at radius 1 is 1.41 bits per heavy atom. The molecule has 2 aromatic rings. The second kappa shape index (κ2) is 5.56. The van der Waals surface area contributed by atoms with E-state index in [9.17, 15) is 0 Å². The second-order valence-electron chi connectivity index (χ2n) is 4.51. The molecule has 17 heavy (non-hydrogen) atoms. The van der Waals surface area contributed by atoms with Crippen LogP contribution < -0.4 is 0 Å². The smallest absolute Gasteiger partial charge is 0.137 e. The Morgan fingerprint density at radius 3 is 3.00 bits per heavy atom. The molecule has 2 rings (SSSR count). The standard InChI is InChI=1S/C13H18N2OS/c1-10-3-4-13-14-12(6-15(13)5-10)9-17-8-11(2)7-16/h3-6,11,16H,7-9H2,1-2H3. The van der Waals surface area contributed by atoms with Crippen LogP contribution in [0.25, 0.3) is 5.65 Å². The number of nitrogens with zero attached hydrogens (tertiary/aromatic N) is 2. The lowest BCUT2D eigenvalue weighted by molar-refractivity contribution is 0.250. The Labute approximate surface area is 106 Å². The van der Waals surface area contributed by atoms with Crippen LogP contribution in [0, 0.1) is 12.8 Å². The zero-order valence-corrected chi connectivity index (χ0v) is 11.1. The Bertz CT molecular complexity index is 495. The fraction of sp³-hybridized carbons (Fsp3) is 0.462. The summed E-state index contributed by atoms with van der Waals surface area (Å²) in [5.41, 5.74) is 3.34. The SMILES string of the molecule is Cc1ccc2nc(CSCC(C)CO)cn2c1. The average Bonchev–Trinajstić information content (AvgIpc) is 2.70. The van der Waals surface area contributed by atoms with E-state index in [4.69, 9.17) is 5.11 Å². The van der Waals surface area contributed by atoms with Crippen LogP contribution in [0.4, 0.5) is 0 Å². The van der Waals surface area contributed by atoms with Crippen LogP contribution in [0.5, 0.6) is 0 Å². The number of thioether (sulfide) groups is 1. The summed E-state index contributed by atoms with van der Waals surface area (Å²) in [6, 6.07) is 4.12. The number of aromatic nitrogens is 2. The highest BCUT2D eigenvalue weighted by molar-refractivity contribution is 7.98. The van der Waals surface area contributed by atoms with Crippen molar-refractivity contribution in [1.29, 1.82) is 0 Å². The van der Waals surface area contributed by atoms with Crippen LogP contribution in [-0.4, -0.2) is 26.9 Å². The van der Waals surface area contributed by atoms with Gasteiger partial charge in [0.25, 0.3) is 0 Å². The molecule has 92 valence electrons. The van der Waals surface area contributed by atoms with Gasteiger partial charge >= 0.3 is 0 Å². The topological polar surface area (TPSA) is 37.5 Å². The van der Waals surface area contributed by atoms with Crippen molar-refractivity contribution >= 4 is 17.4 Å². The molecule has 3 nitrogen and oxygen atoms in total. The lowest BCUT2D eigenvalue weighted by Gasteiger charge is -2.05. The van der Waals surface area contributed by atoms with E-state index in [1.165, 1.54) is 5.56 Å². The number of aliphatic hydroxyl groups excluding tert-OH is 1. The number of aryl methyl sites for hydroxylation is 1. The molecule has 0 aliphatic heterocycles. The van der Waals surface area contributed by atoms with Gasteiger partial charge in [-0.15, -0.1) is 0 Å². The highest BCUT2D eigenvalue weighted by Crippen LogP contribution is 2.16. The van der Waals surface area contributed by atoms with E-state index in [1.807, 2.05) is 17.8 Å². The van der Waals surface area contributed by atoms with Crippen LogP contribution in [0.1, 0.15) is 18.2 Å². The summed E-state index contributed by atoms with van der Waals surface area (Å²) in [6.07, 6.45) is 4.17. The second-order valence-corrected chi connectivity index (χ2v) is 5.54. The maximum atomic E-state index is 8.94. The van der Waals surface area contributed by atoms with Gasteiger partial charge in [-0.3, -0.25) is 0 Å².